The van der Waals surface area contributed by atoms with Gasteiger partial charge < -0.3 is 9.30 Å². The van der Waals surface area contributed by atoms with Crippen LogP contribution in [0.1, 0.15) is 45.0 Å². The number of imidazole rings is 1. The highest BCUT2D eigenvalue weighted by atomic mass is 16.5. The van der Waals surface area contributed by atoms with E-state index in [0.717, 1.165) is 40.9 Å². The molecule has 0 aliphatic heterocycles. The third-order valence-electron chi connectivity index (χ3n) is 7.67. The quantitative estimate of drug-likeness (QED) is 0.271. The van der Waals surface area contributed by atoms with Gasteiger partial charge in [-0.1, -0.05) is 69.3 Å². The first-order valence-electron chi connectivity index (χ1n) is 14.4. The zero-order valence-electron chi connectivity index (χ0n) is 24.5. The largest absolute Gasteiger partial charge is 0.383 e. The van der Waals surface area contributed by atoms with Crippen LogP contribution in [0.15, 0.2) is 58.1 Å². The number of nitrogens with one attached hydrogen (secondary N) is 1. The highest BCUT2D eigenvalue weighted by Crippen LogP contribution is 2.32. The van der Waals surface area contributed by atoms with Crippen LogP contribution in [-0.4, -0.2) is 53.0 Å². The molecule has 0 saturated heterocycles. The minimum atomic E-state index is -0.321. The van der Waals surface area contributed by atoms with Crippen LogP contribution in [0.3, 0.4) is 0 Å². The molecule has 11 heteroatoms. The van der Waals surface area contributed by atoms with Gasteiger partial charge in [0.15, 0.2) is 17.0 Å². The van der Waals surface area contributed by atoms with E-state index >= 15 is 0 Å². The zero-order chi connectivity index (χ0) is 29.4. The van der Waals surface area contributed by atoms with Crippen molar-refractivity contribution in [1.29, 1.82) is 0 Å². The Morgan fingerprint density at radius 1 is 0.976 bits per heavy atom. The van der Waals surface area contributed by atoms with E-state index < -0.39 is 0 Å². The number of aromatic nitrogens is 8. The molecule has 1 aliphatic rings. The molecule has 0 radical (unpaired) electrons. The van der Waals surface area contributed by atoms with Crippen molar-refractivity contribution >= 4 is 11.2 Å². The summed E-state index contributed by atoms with van der Waals surface area (Å²) in [5, 5.41) is 14.4. The van der Waals surface area contributed by atoms with Crippen molar-refractivity contribution in [2.75, 3.05) is 13.7 Å². The van der Waals surface area contributed by atoms with Crippen molar-refractivity contribution in [1.82, 2.24) is 39.3 Å². The number of aromatic amines is 1. The van der Waals surface area contributed by atoms with Gasteiger partial charge in [0.05, 0.1) is 13.2 Å². The Bertz CT molecular complexity index is 1820. The molecule has 1 saturated carbocycles. The van der Waals surface area contributed by atoms with Crippen molar-refractivity contribution in [3.63, 3.8) is 0 Å². The Kier molecular flexibility index (Phi) is 7.36. The number of hydrogen-bond donors (Lipinski definition) is 1. The summed E-state index contributed by atoms with van der Waals surface area (Å²) in [4.78, 5) is 32.4. The van der Waals surface area contributed by atoms with Crippen LogP contribution in [-0.2, 0) is 30.8 Å². The summed E-state index contributed by atoms with van der Waals surface area (Å²) >= 11 is 0. The molecule has 0 atom stereocenters. The number of benzene rings is 2. The maximum atomic E-state index is 13.9. The molecule has 11 nitrogen and oxygen atoms in total. The average molecular weight is 569 g/mol. The van der Waals surface area contributed by atoms with E-state index in [2.05, 4.69) is 65.7 Å². The van der Waals surface area contributed by atoms with Gasteiger partial charge >= 0.3 is 5.69 Å². The Morgan fingerprint density at radius 3 is 2.36 bits per heavy atom. The summed E-state index contributed by atoms with van der Waals surface area (Å²) in [5.41, 5.74) is 4.22. The molecule has 3 heterocycles. The highest BCUT2D eigenvalue weighted by molar-refractivity contribution is 5.80. The molecule has 0 unspecified atom stereocenters. The molecule has 0 bridgehead atoms. The van der Waals surface area contributed by atoms with Gasteiger partial charge in [0.1, 0.15) is 5.82 Å². The fraction of sp³-hybridized carbons (Fsp3) is 0.419. The third-order valence-corrected chi connectivity index (χ3v) is 7.67. The number of hydrogen-bond acceptors (Lipinski definition) is 7. The van der Waals surface area contributed by atoms with Gasteiger partial charge in [0, 0.05) is 32.2 Å². The van der Waals surface area contributed by atoms with E-state index in [9.17, 15) is 9.59 Å². The summed E-state index contributed by atoms with van der Waals surface area (Å²) < 4.78 is 10.3. The molecule has 1 N–H and O–H groups in total. The van der Waals surface area contributed by atoms with Crippen LogP contribution in [0.25, 0.3) is 33.7 Å². The zero-order valence-corrected chi connectivity index (χ0v) is 24.5. The first-order valence-corrected chi connectivity index (χ1v) is 14.4. The lowest BCUT2D eigenvalue weighted by atomic mass is 9.92. The standard InChI is InChI=1S/C31H36N8O3/c1-31(2,3)17-25-32-28-26(29(40)37(15-16-42-4)30(41)39(28)19-20-9-10-20)38(25)18-21-11-13-22(14-12-21)23-7-5-6-8-24(23)27-33-35-36-34-27/h5-8,11-14,20H,9-10,15-19H2,1-4H3,(H,33,34,35,36). The minimum Gasteiger partial charge on any atom is -0.383 e. The van der Waals surface area contributed by atoms with Crippen LogP contribution in [0, 0.1) is 11.3 Å². The summed E-state index contributed by atoms with van der Waals surface area (Å²) in [6.07, 6.45) is 2.83. The highest BCUT2D eigenvalue weighted by Gasteiger charge is 2.28. The number of tetrazole rings is 1. The lowest BCUT2D eigenvalue weighted by Gasteiger charge is -2.19. The predicted molar refractivity (Wildman–Crippen MR) is 160 cm³/mol. The van der Waals surface area contributed by atoms with Crippen molar-refractivity contribution in [3.8, 4) is 22.5 Å². The van der Waals surface area contributed by atoms with E-state index in [1.165, 1.54) is 4.57 Å². The number of H-pyrrole nitrogens is 1. The van der Waals surface area contributed by atoms with Crippen LogP contribution in [0.4, 0.5) is 0 Å². The SMILES string of the molecule is COCCn1c(=O)c2c(nc(CC(C)(C)C)n2Cc2ccc(-c3ccccc3-c3nnn[nH]3)cc2)n(CC2CC2)c1=O. The fourth-order valence-electron chi connectivity index (χ4n) is 5.41. The Morgan fingerprint density at radius 2 is 1.71 bits per heavy atom. The van der Waals surface area contributed by atoms with Gasteiger partial charge in [-0.2, -0.15) is 0 Å². The van der Waals surface area contributed by atoms with E-state index in [0.29, 0.717) is 42.4 Å². The first kappa shape index (κ1) is 27.8. The summed E-state index contributed by atoms with van der Waals surface area (Å²) in [6.45, 7) is 7.97. The van der Waals surface area contributed by atoms with E-state index in [1.54, 1.807) is 11.7 Å². The van der Waals surface area contributed by atoms with Gasteiger partial charge in [-0.15, -0.1) is 5.10 Å². The Hall–Kier alpha value is -4.38. The van der Waals surface area contributed by atoms with Gasteiger partial charge in [0.25, 0.3) is 5.56 Å². The van der Waals surface area contributed by atoms with Gasteiger partial charge in [-0.05, 0) is 51.3 Å². The summed E-state index contributed by atoms with van der Waals surface area (Å²) in [7, 11) is 1.57. The Labute approximate surface area is 243 Å². The van der Waals surface area contributed by atoms with Gasteiger partial charge in [-0.3, -0.25) is 13.9 Å². The smallest absolute Gasteiger partial charge is 0.332 e. The monoisotopic (exact) mass is 568 g/mol. The molecule has 1 aliphatic carbocycles. The molecule has 2 aromatic carbocycles. The molecule has 218 valence electrons. The molecule has 0 amide bonds. The second kappa shape index (κ2) is 11.1. The summed E-state index contributed by atoms with van der Waals surface area (Å²) in [6, 6.07) is 16.3. The minimum absolute atomic E-state index is 0.0705. The predicted octanol–water partition coefficient (Wildman–Crippen LogP) is 3.90. The third kappa shape index (κ3) is 5.56. The van der Waals surface area contributed by atoms with Crippen molar-refractivity contribution in [2.24, 2.45) is 11.3 Å². The van der Waals surface area contributed by atoms with Crippen LogP contribution in [0.2, 0.25) is 0 Å². The molecule has 3 aromatic heterocycles. The maximum absolute atomic E-state index is 13.9. The molecule has 0 spiro atoms. The van der Waals surface area contributed by atoms with E-state index in [1.807, 2.05) is 28.8 Å². The lowest BCUT2D eigenvalue weighted by molar-refractivity contribution is 0.184. The van der Waals surface area contributed by atoms with Crippen molar-refractivity contribution < 1.29 is 4.74 Å². The molecule has 5 aromatic rings. The first-order chi connectivity index (χ1) is 20.2. The van der Waals surface area contributed by atoms with Gasteiger partial charge in [0.2, 0.25) is 0 Å². The van der Waals surface area contributed by atoms with Gasteiger partial charge in [-0.25, -0.2) is 14.9 Å². The second-order valence-corrected chi connectivity index (χ2v) is 12.3. The number of nitrogens with zero attached hydrogens (tertiary/aromatic N) is 7. The molecular weight excluding hydrogens is 532 g/mol. The average Bonchev–Trinajstić information content (AvgIpc) is 3.49. The second-order valence-electron chi connectivity index (χ2n) is 12.3. The van der Waals surface area contributed by atoms with E-state index in [4.69, 9.17) is 9.72 Å². The van der Waals surface area contributed by atoms with Crippen molar-refractivity contribution in [3.05, 3.63) is 80.8 Å². The number of ether oxygens (including phenoxy) is 1. The number of methoxy groups -OCH3 is 1. The van der Waals surface area contributed by atoms with E-state index in [-0.39, 0.29) is 29.8 Å². The lowest BCUT2D eigenvalue weighted by Crippen LogP contribution is -2.41. The van der Waals surface area contributed by atoms with Crippen LogP contribution >= 0.6 is 0 Å². The number of fused-ring (bicyclic) bond motifs is 1. The van der Waals surface area contributed by atoms with Crippen molar-refractivity contribution in [2.45, 2.75) is 59.7 Å². The van der Waals surface area contributed by atoms with Crippen LogP contribution < -0.4 is 11.2 Å². The topological polar surface area (TPSA) is 126 Å². The fourth-order valence-corrected chi connectivity index (χ4v) is 5.41. The molecule has 1 fully saturated rings. The summed E-state index contributed by atoms with van der Waals surface area (Å²) in [5.74, 6) is 1.85. The number of rotatable bonds is 10. The maximum Gasteiger partial charge on any atom is 0.332 e. The Balaban J connectivity index is 1.45. The molecule has 6 rings (SSSR count). The normalized spacial score (nSPS) is 13.7. The molecule has 42 heavy (non-hydrogen) atoms. The molecular formula is C31H36N8O3. The van der Waals surface area contributed by atoms with Crippen LogP contribution in [0.5, 0.6) is 0 Å².